The standard InChI is InChI=1S/C26H36N4O5/c1-35-25(33)19-12-13-22(27-16-19)29-23(31)21(15-18-10-6-3-7-11-18)30-24(32)20(28-26(30)34)14-17-8-4-2-5-9-17/h12-13,16-18,21,32H,2-11,14-15H2,1H3,(H,28,34)(H,27,29,31)/t21-/m0/s1. The minimum absolute atomic E-state index is 0.134. The average molecular weight is 485 g/mol. The summed E-state index contributed by atoms with van der Waals surface area (Å²) in [5.41, 5.74) is 0.332. The van der Waals surface area contributed by atoms with Crippen LogP contribution in [0.2, 0.25) is 0 Å². The third kappa shape index (κ3) is 6.13. The van der Waals surface area contributed by atoms with Crippen molar-refractivity contribution in [1.29, 1.82) is 0 Å². The minimum atomic E-state index is -0.857. The molecule has 0 radical (unpaired) electrons. The fourth-order valence-corrected chi connectivity index (χ4v) is 5.58. The summed E-state index contributed by atoms with van der Waals surface area (Å²) in [5.74, 6) is -0.0527. The number of aromatic nitrogens is 3. The van der Waals surface area contributed by atoms with Gasteiger partial charge in [0, 0.05) is 6.20 Å². The van der Waals surface area contributed by atoms with E-state index < -0.39 is 23.6 Å². The summed E-state index contributed by atoms with van der Waals surface area (Å²) in [5, 5.41) is 13.8. The highest BCUT2D eigenvalue weighted by atomic mass is 16.5. The zero-order valence-corrected chi connectivity index (χ0v) is 20.4. The number of rotatable bonds is 8. The highest BCUT2D eigenvalue weighted by Crippen LogP contribution is 2.34. The number of anilines is 1. The molecular weight excluding hydrogens is 448 g/mol. The van der Waals surface area contributed by atoms with Gasteiger partial charge < -0.3 is 20.1 Å². The van der Waals surface area contributed by atoms with Gasteiger partial charge in [0.1, 0.15) is 11.9 Å². The molecule has 0 saturated heterocycles. The Bertz CT molecular complexity index is 1060. The molecule has 2 aromatic rings. The maximum atomic E-state index is 13.4. The van der Waals surface area contributed by atoms with E-state index in [1.165, 1.54) is 55.7 Å². The van der Waals surface area contributed by atoms with Crippen LogP contribution in [-0.4, -0.2) is 38.6 Å². The number of methoxy groups -OCH3 is 1. The Hall–Kier alpha value is -3.10. The second kappa shape index (κ2) is 11.6. The van der Waals surface area contributed by atoms with Crippen molar-refractivity contribution in [2.75, 3.05) is 12.4 Å². The van der Waals surface area contributed by atoms with Gasteiger partial charge in [-0.05, 0) is 36.8 Å². The van der Waals surface area contributed by atoms with Crippen molar-refractivity contribution in [2.24, 2.45) is 11.8 Å². The number of imidazole rings is 1. The Morgan fingerprint density at radius 3 is 2.37 bits per heavy atom. The molecule has 0 unspecified atom stereocenters. The molecule has 4 rings (SSSR count). The molecule has 1 amide bonds. The van der Waals surface area contributed by atoms with Crippen LogP contribution in [0.15, 0.2) is 23.1 Å². The van der Waals surface area contributed by atoms with Crippen molar-refractivity contribution in [3.05, 3.63) is 40.1 Å². The summed E-state index contributed by atoms with van der Waals surface area (Å²) in [6.45, 7) is 0. The predicted molar refractivity (Wildman–Crippen MR) is 131 cm³/mol. The van der Waals surface area contributed by atoms with Gasteiger partial charge in [0.25, 0.3) is 0 Å². The van der Waals surface area contributed by atoms with Crippen molar-refractivity contribution in [2.45, 2.75) is 83.1 Å². The molecular formula is C26H36N4O5. The fourth-order valence-electron chi connectivity index (χ4n) is 5.58. The number of carbonyl (C=O) groups excluding carboxylic acids is 2. The first-order chi connectivity index (χ1) is 17.0. The first-order valence-electron chi connectivity index (χ1n) is 12.8. The van der Waals surface area contributed by atoms with Crippen molar-refractivity contribution in [3.63, 3.8) is 0 Å². The maximum absolute atomic E-state index is 13.4. The van der Waals surface area contributed by atoms with Crippen LogP contribution in [0.5, 0.6) is 5.88 Å². The second-order valence-electron chi connectivity index (χ2n) is 9.98. The first-order valence-corrected chi connectivity index (χ1v) is 12.8. The smallest absolute Gasteiger partial charge is 0.339 e. The zero-order chi connectivity index (χ0) is 24.8. The van der Waals surface area contributed by atoms with E-state index in [2.05, 4.69) is 20.0 Å². The van der Waals surface area contributed by atoms with Gasteiger partial charge in [-0.15, -0.1) is 0 Å². The summed E-state index contributed by atoms with van der Waals surface area (Å²) in [4.78, 5) is 45.1. The van der Waals surface area contributed by atoms with E-state index in [1.807, 2.05) is 0 Å². The van der Waals surface area contributed by atoms with Gasteiger partial charge in [-0.2, -0.15) is 0 Å². The molecule has 0 spiro atoms. The number of carbonyl (C=O) groups is 2. The maximum Gasteiger partial charge on any atom is 0.339 e. The van der Waals surface area contributed by atoms with E-state index in [1.54, 1.807) is 0 Å². The molecule has 2 saturated carbocycles. The SMILES string of the molecule is COC(=O)c1ccc(NC(=O)[C@H](CC2CCCCC2)n2c(O)c(CC3CCCCC3)[nH]c2=O)nc1. The third-order valence-corrected chi connectivity index (χ3v) is 7.52. The third-order valence-electron chi connectivity index (χ3n) is 7.52. The number of H-pyrrole nitrogens is 1. The number of amides is 1. The van der Waals surface area contributed by atoms with Gasteiger partial charge in [-0.25, -0.2) is 14.6 Å². The summed E-state index contributed by atoms with van der Waals surface area (Å²) < 4.78 is 5.91. The molecule has 0 aliphatic heterocycles. The molecule has 2 aromatic heterocycles. The number of ether oxygens (including phenoxy) is 1. The van der Waals surface area contributed by atoms with Crippen LogP contribution in [0, 0.1) is 11.8 Å². The molecule has 1 atom stereocenters. The monoisotopic (exact) mass is 484 g/mol. The quantitative estimate of drug-likeness (QED) is 0.479. The van der Waals surface area contributed by atoms with Gasteiger partial charge in [-0.1, -0.05) is 64.2 Å². The molecule has 35 heavy (non-hydrogen) atoms. The van der Waals surface area contributed by atoms with Crippen LogP contribution in [0.1, 0.15) is 92.7 Å². The Balaban J connectivity index is 1.57. The molecule has 2 aliphatic carbocycles. The van der Waals surface area contributed by atoms with E-state index in [4.69, 9.17) is 0 Å². The van der Waals surface area contributed by atoms with Gasteiger partial charge in [0.15, 0.2) is 0 Å². The van der Waals surface area contributed by atoms with Gasteiger partial charge in [0.2, 0.25) is 11.8 Å². The number of nitrogens with zero attached hydrogens (tertiary/aromatic N) is 2. The highest BCUT2D eigenvalue weighted by Gasteiger charge is 2.31. The Morgan fingerprint density at radius 1 is 1.11 bits per heavy atom. The predicted octanol–water partition coefficient (Wildman–Crippen LogP) is 4.34. The topological polar surface area (TPSA) is 126 Å². The lowest BCUT2D eigenvalue weighted by molar-refractivity contribution is -0.120. The van der Waals surface area contributed by atoms with Crippen molar-refractivity contribution >= 4 is 17.7 Å². The number of nitrogens with one attached hydrogen (secondary N) is 2. The molecule has 0 aromatic carbocycles. The normalized spacial score (nSPS) is 18.2. The van der Waals surface area contributed by atoms with E-state index in [0.29, 0.717) is 30.4 Å². The Labute approximate surface area is 205 Å². The largest absolute Gasteiger partial charge is 0.493 e. The summed E-state index contributed by atoms with van der Waals surface area (Å²) in [6.07, 6.45) is 13.6. The molecule has 0 bridgehead atoms. The lowest BCUT2D eigenvalue weighted by Gasteiger charge is -2.26. The van der Waals surface area contributed by atoms with E-state index >= 15 is 0 Å². The number of esters is 1. The van der Waals surface area contributed by atoms with Crippen LogP contribution in [0.4, 0.5) is 5.82 Å². The van der Waals surface area contributed by atoms with E-state index in [0.717, 1.165) is 38.5 Å². The lowest BCUT2D eigenvalue weighted by atomic mass is 9.84. The van der Waals surface area contributed by atoms with Gasteiger partial charge in [0.05, 0.1) is 18.4 Å². The fraction of sp³-hybridized carbons (Fsp3) is 0.615. The van der Waals surface area contributed by atoms with Crippen LogP contribution in [0.3, 0.4) is 0 Å². The number of hydrogen-bond donors (Lipinski definition) is 3. The molecule has 190 valence electrons. The lowest BCUT2D eigenvalue weighted by Crippen LogP contribution is -2.34. The molecule has 9 heteroatoms. The summed E-state index contributed by atoms with van der Waals surface area (Å²) in [6, 6.07) is 2.19. The van der Waals surface area contributed by atoms with Crippen LogP contribution in [-0.2, 0) is 16.0 Å². The number of pyridine rings is 1. The summed E-state index contributed by atoms with van der Waals surface area (Å²) in [7, 11) is 1.29. The van der Waals surface area contributed by atoms with Crippen LogP contribution >= 0.6 is 0 Å². The molecule has 9 nitrogen and oxygen atoms in total. The molecule has 2 fully saturated rings. The number of aromatic hydroxyl groups is 1. The number of hydrogen-bond acceptors (Lipinski definition) is 6. The molecule has 2 aliphatic rings. The average Bonchev–Trinajstić information content (AvgIpc) is 3.16. The second-order valence-corrected chi connectivity index (χ2v) is 9.98. The summed E-state index contributed by atoms with van der Waals surface area (Å²) >= 11 is 0. The van der Waals surface area contributed by atoms with Gasteiger partial charge >= 0.3 is 11.7 Å². The first kappa shape index (κ1) is 25.0. The van der Waals surface area contributed by atoms with Crippen LogP contribution < -0.4 is 11.0 Å². The van der Waals surface area contributed by atoms with Crippen LogP contribution in [0.25, 0.3) is 0 Å². The van der Waals surface area contributed by atoms with Gasteiger partial charge in [-0.3, -0.25) is 9.36 Å². The van der Waals surface area contributed by atoms with E-state index in [-0.39, 0.29) is 17.3 Å². The Morgan fingerprint density at radius 2 is 1.77 bits per heavy atom. The highest BCUT2D eigenvalue weighted by molar-refractivity contribution is 5.94. The van der Waals surface area contributed by atoms with Crippen molar-refractivity contribution < 1.29 is 19.4 Å². The van der Waals surface area contributed by atoms with E-state index in [9.17, 15) is 19.5 Å². The minimum Gasteiger partial charge on any atom is -0.493 e. The van der Waals surface area contributed by atoms with Crippen molar-refractivity contribution in [1.82, 2.24) is 14.5 Å². The zero-order valence-electron chi connectivity index (χ0n) is 20.4. The Kier molecular flexibility index (Phi) is 8.25. The number of aromatic amines is 1. The van der Waals surface area contributed by atoms with Crippen molar-refractivity contribution in [3.8, 4) is 5.88 Å². The molecule has 2 heterocycles. The molecule has 3 N–H and O–H groups in total.